The lowest BCUT2D eigenvalue weighted by Gasteiger charge is -2.31. The summed E-state index contributed by atoms with van der Waals surface area (Å²) >= 11 is 0. The van der Waals surface area contributed by atoms with Crippen LogP contribution in [0.15, 0.2) is 24.3 Å². The monoisotopic (exact) mass is 456 g/mol. The number of hydrogen-bond acceptors (Lipinski definition) is 4. The van der Waals surface area contributed by atoms with Gasteiger partial charge in [0.15, 0.2) is 0 Å². The summed E-state index contributed by atoms with van der Waals surface area (Å²) in [5.74, 6) is -2.66. The van der Waals surface area contributed by atoms with Crippen molar-refractivity contribution in [2.24, 2.45) is 5.41 Å². The molecular formula is C19H22F6N2O4. The molecule has 1 spiro atoms. The molecule has 1 amide bonds. The molecule has 1 atom stereocenters. The van der Waals surface area contributed by atoms with E-state index in [1.165, 1.54) is 12.1 Å². The van der Waals surface area contributed by atoms with Crippen molar-refractivity contribution < 1.29 is 45.8 Å². The number of aliphatic carboxylic acids is 1. The molecule has 12 heteroatoms. The molecule has 0 aromatic heterocycles. The van der Waals surface area contributed by atoms with E-state index in [1.54, 1.807) is 18.0 Å². The van der Waals surface area contributed by atoms with Crippen LogP contribution in [0.1, 0.15) is 17.5 Å². The Kier molecular flexibility index (Phi) is 7.58. The molecule has 0 bridgehead atoms. The lowest BCUT2D eigenvalue weighted by molar-refractivity contribution is -0.192. The Balaban J connectivity index is 0.000000423. The molecule has 2 saturated heterocycles. The number of nitrogens with zero attached hydrogens (tertiary/aromatic N) is 2. The van der Waals surface area contributed by atoms with Gasteiger partial charge in [0.05, 0.1) is 18.8 Å². The fourth-order valence-corrected chi connectivity index (χ4v) is 3.63. The number of carbonyl (C=O) groups is 2. The lowest BCUT2D eigenvalue weighted by Crippen LogP contribution is -2.40. The van der Waals surface area contributed by atoms with Crippen molar-refractivity contribution in [2.45, 2.75) is 25.3 Å². The Morgan fingerprint density at radius 3 is 2.35 bits per heavy atom. The van der Waals surface area contributed by atoms with Gasteiger partial charge in [-0.2, -0.15) is 26.3 Å². The van der Waals surface area contributed by atoms with Gasteiger partial charge < -0.3 is 14.7 Å². The van der Waals surface area contributed by atoms with Gasteiger partial charge in [0.2, 0.25) is 5.91 Å². The SMILES string of the molecule is CN1CC2(COCCN(Cc3cccc(C(F)(F)F)c3)C2)CC1=O.O=C(O)C(F)(F)F. The summed E-state index contributed by atoms with van der Waals surface area (Å²) in [7, 11) is 1.78. The third kappa shape index (κ3) is 7.10. The number of hydrogen-bond donors (Lipinski definition) is 1. The molecule has 2 aliphatic rings. The number of carboxylic acid groups (broad SMARTS) is 1. The number of carbonyl (C=O) groups excluding carboxylic acids is 1. The maximum atomic E-state index is 12.9. The molecule has 0 radical (unpaired) electrons. The third-order valence-electron chi connectivity index (χ3n) is 4.95. The van der Waals surface area contributed by atoms with Crippen molar-refractivity contribution in [1.82, 2.24) is 9.80 Å². The van der Waals surface area contributed by atoms with Crippen molar-refractivity contribution in [3.05, 3.63) is 35.4 Å². The second-order valence-corrected chi connectivity index (χ2v) is 7.69. The second-order valence-electron chi connectivity index (χ2n) is 7.69. The summed E-state index contributed by atoms with van der Waals surface area (Å²) in [4.78, 5) is 24.6. The highest BCUT2D eigenvalue weighted by atomic mass is 19.4. The summed E-state index contributed by atoms with van der Waals surface area (Å²) in [6.45, 7) is 3.40. The highest BCUT2D eigenvalue weighted by molar-refractivity contribution is 5.79. The third-order valence-corrected chi connectivity index (χ3v) is 4.95. The summed E-state index contributed by atoms with van der Waals surface area (Å²) in [6, 6.07) is 5.43. The number of likely N-dealkylation sites (tertiary alicyclic amines) is 1. The number of benzene rings is 1. The van der Waals surface area contributed by atoms with Gasteiger partial charge in [-0.15, -0.1) is 0 Å². The van der Waals surface area contributed by atoms with Crippen LogP contribution >= 0.6 is 0 Å². The van der Waals surface area contributed by atoms with Crippen molar-refractivity contribution >= 4 is 11.9 Å². The van der Waals surface area contributed by atoms with E-state index < -0.39 is 23.9 Å². The van der Waals surface area contributed by atoms with E-state index in [9.17, 15) is 31.1 Å². The molecule has 174 valence electrons. The normalized spacial score (nSPS) is 22.8. The number of rotatable bonds is 2. The van der Waals surface area contributed by atoms with Crippen LogP contribution in [-0.2, 0) is 27.0 Å². The quantitative estimate of drug-likeness (QED) is 0.693. The van der Waals surface area contributed by atoms with Gasteiger partial charge in [0.1, 0.15) is 0 Å². The highest BCUT2D eigenvalue weighted by Gasteiger charge is 2.44. The molecule has 2 heterocycles. The zero-order valence-corrected chi connectivity index (χ0v) is 16.6. The maximum Gasteiger partial charge on any atom is 0.490 e. The highest BCUT2D eigenvalue weighted by Crippen LogP contribution is 2.34. The first-order valence-corrected chi connectivity index (χ1v) is 9.22. The van der Waals surface area contributed by atoms with Crippen molar-refractivity contribution in [1.29, 1.82) is 0 Å². The van der Waals surface area contributed by atoms with E-state index in [2.05, 4.69) is 4.90 Å². The molecule has 1 unspecified atom stereocenters. The molecule has 1 aromatic carbocycles. The zero-order chi connectivity index (χ0) is 23.4. The average Bonchev–Trinajstić information content (AvgIpc) is 2.79. The van der Waals surface area contributed by atoms with Gasteiger partial charge in [0, 0.05) is 45.1 Å². The minimum Gasteiger partial charge on any atom is -0.475 e. The van der Waals surface area contributed by atoms with Crippen LogP contribution in [0, 0.1) is 5.41 Å². The molecular weight excluding hydrogens is 434 g/mol. The van der Waals surface area contributed by atoms with Crippen LogP contribution in [-0.4, -0.2) is 72.9 Å². The standard InChI is InChI=1S/C17H21F3N2O2.C2HF3O2/c1-21-10-16(8-15(21)23)11-22(5-6-24-12-16)9-13-3-2-4-14(7-13)17(18,19)20;3-2(4,5)1(6)7/h2-4,7H,5-6,8-12H2,1H3;(H,6,7). The first-order chi connectivity index (χ1) is 14.2. The zero-order valence-electron chi connectivity index (χ0n) is 16.6. The van der Waals surface area contributed by atoms with E-state index >= 15 is 0 Å². The smallest absolute Gasteiger partial charge is 0.475 e. The van der Waals surface area contributed by atoms with Crippen LogP contribution in [0.5, 0.6) is 0 Å². The van der Waals surface area contributed by atoms with E-state index in [1.807, 2.05) is 0 Å². The molecule has 31 heavy (non-hydrogen) atoms. The maximum absolute atomic E-state index is 12.9. The van der Waals surface area contributed by atoms with Gasteiger partial charge in [0.25, 0.3) is 0 Å². The van der Waals surface area contributed by atoms with E-state index in [0.29, 0.717) is 51.4 Å². The minimum atomic E-state index is -5.08. The number of carboxylic acids is 1. The lowest BCUT2D eigenvalue weighted by atomic mass is 9.87. The van der Waals surface area contributed by atoms with Gasteiger partial charge >= 0.3 is 18.3 Å². The first-order valence-electron chi connectivity index (χ1n) is 9.22. The average molecular weight is 456 g/mol. The molecule has 1 N–H and O–H groups in total. The van der Waals surface area contributed by atoms with Crippen molar-refractivity contribution in [3.63, 3.8) is 0 Å². The number of alkyl halides is 6. The first kappa shape index (κ1) is 24.9. The molecule has 0 saturated carbocycles. The van der Waals surface area contributed by atoms with Crippen LogP contribution in [0.2, 0.25) is 0 Å². The Labute approximate surface area is 174 Å². The minimum absolute atomic E-state index is 0.0968. The largest absolute Gasteiger partial charge is 0.490 e. The Morgan fingerprint density at radius 2 is 1.84 bits per heavy atom. The summed E-state index contributed by atoms with van der Waals surface area (Å²) in [5.41, 5.74) is -0.264. The number of halogens is 6. The fourth-order valence-electron chi connectivity index (χ4n) is 3.63. The van der Waals surface area contributed by atoms with Crippen LogP contribution in [0.3, 0.4) is 0 Å². The summed E-state index contributed by atoms with van der Waals surface area (Å²) in [5, 5.41) is 7.12. The Bertz CT molecular complexity index is 798. The Morgan fingerprint density at radius 1 is 1.19 bits per heavy atom. The summed E-state index contributed by atoms with van der Waals surface area (Å²) in [6.07, 6.45) is -8.98. The molecule has 2 fully saturated rings. The van der Waals surface area contributed by atoms with Gasteiger partial charge in [-0.3, -0.25) is 9.69 Å². The topological polar surface area (TPSA) is 70.1 Å². The molecule has 0 aliphatic carbocycles. The second kappa shape index (κ2) is 9.43. The van der Waals surface area contributed by atoms with Gasteiger partial charge in [-0.05, 0) is 11.6 Å². The van der Waals surface area contributed by atoms with E-state index in [4.69, 9.17) is 14.6 Å². The number of amides is 1. The fraction of sp³-hybridized carbons (Fsp3) is 0.579. The van der Waals surface area contributed by atoms with Crippen molar-refractivity contribution in [3.8, 4) is 0 Å². The summed E-state index contributed by atoms with van der Waals surface area (Å²) < 4.78 is 76.0. The predicted molar refractivity (Wildman–Crippen MR) is 95.9 cm³/mol. The van der Waals surface area contributed by atoms with E-state index in [0.717, 1.165) is 6.07 Å². The van der Waals surface area contributed by atoms with Gasteiger partial charge in [-0.1, -0.05) is 18.2 Å². The van der Waals surface area contributed by atoms with Gasteiger partial charge in [-0.25, -0.2) is 4.79 Å². The molecule has 6 nitrogen and oxygen atoms in total. The molecule has 1 aromatic rings. The number of ether oxygens (including phenoxy) is 1. The molecule has 2 aliphatic heterocycles. The van der Waals surface area contributed by atoms with Crippen LogP contribution in [0.25, 0.3) is 0 Å². The Hall–Kier alpha value is -2.34. The van der Waals surface area contributed by atoms with E-state index in [-0.39, 0.29) is 11.3 Å². The molecule has 3 rings (SSSR count). The van der Waals surface area contributed by atoms with Crippen LogP contribution < -0.4 is 0 Å². The van der Waals surface area contributed by atoms with Crippen molar-refractivity contribution in [2.75, 3.05) is 39.9 Å². The van der Waals surface area contributed by atoms with Crippen LogP contribution in [0.4, 0.5) is 26.3 Å². The predicted octanol–water partition coefficient (Wildman–Crippen LogP) is 3.02.